The number of carbonyl (C=O) groups excluding carboxylic acids is 2. The molecule has 1 atom stereocenters. The van der Waals surface area contributed by atoms with E-state index in [1.54, 1.807) is 20.8 Å². The maximum atomic E-state index is 11.4. The second-order valence-electron chi connectivity index (χ2n) is 3.53. The van der Waals surface area contributed by atoms with Crippen LogP contribution in [0.15, 0.2) is 0 Å². The number of nitro groups is 1. The minimum absolute atomic E-state index is 0.185. The van der Waals surface area contributed by atoms with Gasteiger partial charge in [0.15, 0.2) is 0 Å². The van der Waals surface area contributed by atoms with Gasteiger partial charge in [-0.05, 0) is 12.8 Å². The predicted octanol–water partition coefficient (Wildman–Crippen LogP) is -0.0330. The molecule has 16 heavy (non-hydrogen) atoms. The number of ether oxygens (including phenoxy) is 1. The molecule has 7 nitrogen and oxygen atoms in total. The van der Waals surface area contributed by atoms with Crippen molar-refractivity contribution in [1.82, 2.24) is 5.32 Å². The number of carbonyl (C=O) groups is 2. The summed E-state index contributed by atoms with van der Waals surface area (Å²) in [5.41, 5.74) is 0. The molecule has 0 aliphatic rings. The summed E-state index contributed by atoms with van der Waals surface area (Å²) in [5, 5.41) is 12.4. The Bertz CT molecular complexity index is 277. The second-order valence-corrected chi connectivity index (χ2v) is 3.53. The zero-order chi connectivity index (χ0) is 12.7. The molecule has 0 fully saturated rings. The van der Waals surface area contributed by atoms with Crippen LogP contribution in [0.1, 0.15) is 20.8 Å². The SMILES string of the molecule is CCOC(=O)[C@@H](NC(=O)C[N+](=O)[O-])C(C)C. The average Bonchev–Trinajstić information content (AvgIpc) is 2.12. The Morgan fingerprint density at radius 1 is 1.44 bits per heavy atom. The van der Waals surface area contributed by atoms with Crippen molar-refractivity contribution in [2.24, 2.45) is 5.92 Å². The molecule has 0 aromatic rings. The zero-order valence-electron chi connectivity index (χ0n) is 9.56. The highest BCUT2D eigenvalue weighted by molar-refractivity contribution is 5.85. The van der Waals surface area contributed by atoms with Gasteiger partial charge in [0.05, 0.1) is 6.61 Å². The lowest BCUT2D eigenvalue weighted by Crippen LogP contribution is -2.47. The van der Waals surface area contributed by atoms with Crippen LogP contribution in [0.5, 0.6) is 0 Å². The fraction of sp³-hybridized carbons (Fsp3) is 0.778. The Labute approximate surface area is 93.3 Å². The maximum Gasteiger partial charge on any atom is 0.328 e. The highest BCUT2D eigenvalue weighted by Crippen LogP contribution is 2.03. The molecule has 92 valence electrons. The molecule has 0 rings (SSSR count). The molecular formula is C9H16N2O5. The summed E-state index contributed by atoms with van der Waals surface area (Å²) in [5.74, 6) is -1.55. The summed E-state index contributed by atoms with van der Waals surface area (Å²) in [4.78, 5) is 31.8. The lowest BCUT2D eigenvalue weighted by Gasteiger charge is -2.19. The van der Waals surface area contributed by atoms with Crippen LogP contribution in [-0.4, -0.2) is 36.0 Å². The van der Waals surface area contributed by atoms with Crippen LogP contribution in [0.25, 0.3) is 0 Å². The monoisotopic (exact) mass is 232 g/mol. The van der Waals surface area contributed by atoms with Crippen LogP contribution >= 0.6 is 0 Å². The van der Waals surface area contributed by atoms with E-state index >= 15 is 0 Å². The standard InChI is InChI=1S/C9H16N2O5/c1-4-16-9(13)8(6(2)3)10-7(12)5-11(14)15/h6,8H,4-5H2,1-3H3,(H,10,12)/t8-/m0/s1. The topological polar surface area (TPSA) is 98.5 Å². The third-order valence-electron chi connectivity index (χ3n) is 1.80. The normalized spacial score (nSPS) is 12.0. The minimum atomic E-state index is -0.845. The van der Waals surface area contributed by atoms with Crippen molar-refractivity contribution < 1.29 is 19.2 Å². The Balaban J connectivity index is 4.39. The molecule has 0 saturated heterocycles. The zero-order valence-corrected chi connectivity index (χ0v) is 9.56. The number of esters is 1. The lowest BCUT2D eigenvalue weighted by atomic mass is 10.0. The van der Waals surface area contributed by atoms with Gasteiger partial charge < -0.3 is 10.1 Å². The molecule has 0 unspecified atom stereocenters. The van der Waals surface area contributed by atoms with Crippen molar-refractivity contribution in [3.63, 3.8) is 0 Å². The third kappa shape index (κ3) is 5.28. The summed E-state index contributed by atoms with van der Waals surface area (Å²) < 4.78 is 4.75. The number of nitrogens with zero attached hydrogens (tertiary/aromatic N) is 1. The first-order valence-corrected chi connectivity index (χ1v) is 4.96. The quantitative estimate of drug-likeness (QED) is 0.394. The average molecular weight is 232 g/mol. The summed E-state index contributed by atoms with van der Waals surface area (Å²) in [6, 6.07) is -0.840. The summed E-state index contributed by atoms with van der Waals surface area (Å²) >= 11 is 0. The van der Waals surface area contributed by atoms with Crippen LogP contribution in [-0.2, 0) is 14.3 Å². The summed E-state index contributed by atoms with van der Waals surface area (Å²) in [6.45, 7) is 4.44. The molecule has 0 saturated carbocycles. The van der Waals surface area contributed by atoms with Crippen molar-refractivity contribution in [2.75, 3.05) is 13.2 Å². The molecular weight excluding hydrogens is 216 g/mol. The minimum Gasteiger partial charge on any atom is -0.464 e. The Morgan fingerprint density at radius 2 is 2.00 bits per heavy atom. The first kappa shape index (κ1) is 14.3. The number of hydrogen-bond acceptors (Lipinski definition) is 5. The molecule has 0 aliphatic heterocycles. The molecule has 0 spiro atoms. The van der Waals surface area contributed by atoms with Crippen molar-refractivity contribution in [3.8, 4) is 0 Å². The summed E-state index contributed by atoms with van der Waals surface area (Å²) in [7, 11) is 0. The van der Waals surface area contributed by atoms with Gasteiger partial charge in [-0.2, -0.15) is 0 Å². The van der Waals surface area contributed by atoms with E-state index in [1.165, 1.54) is 0 Å². The second kappa shape index (κ2) is 6.76. The van der Waals surface area contributed by atoms with Crippen LogP contribution in [0.3, 0.4) is 0 Å². The van der Waals surface area contributed by atoms with E-state index in [1.807, 2.05) is 0 Å². The van der Waals surface area contributed by atoms with Gasteiger partial charge >= 0.3 is 5.97 Å². The molecule has 7 heteroatoms. The molecule has 0 radical (unpaired) electrons. The largest absolute Gasteiger partial charge is 0.464 e. The van der Waals surface area contributed by atoms with Gasteiger partial charge in [-0.1, -0.05) is 13.8 Å². The van der Waals surface area contributed by atoms with Gasteiger partial charge in [-0.25, -0.2) is 4.79 Å². The molecule has 0 heterocycles. The Hall–Kier alpha value is -1.66. The van der Waals surface area contributed by atoms with Gasteiger partial charge in [0.1, 0.15) is 6.04 Å². The van der Waals surface area contributed by atoms with E-state index in [0.717, 1.165) is 0 Å². The van der Waals surface area contributed by atoms with Crippen LogP contribution < -0.4 is 5.32 Å². The Morgan fingerprint density at radius 3 is 2.38 bits per heavy atom. The molecule has 0 aromatic heterocycles. The molecule has 0 bridgehead atoms. The van der Waals surface area contributed by atoms with E-state index in [4.69, 9.17) is 4.74 Å². The van der Waals surface area contributed by atoms with Crippen molar-refractivity contribution in [3.05, 3.63) is 10.1 Å². The smallest absolute Gasteiger partial charge is 0.328 e. The van der Waals surface area contributed by atoms with Gasteiger partial charge in [0, 0.05) is 4.92 Å². The van der Waals surface area contributed by atoms with Gasteiger partial charge in [-0.15, -0.1) is 0 Å². The van der Waals surface area contributed by atoms with E-state index in [9.17, 15) is 19.7 Å². The first-order valence-electron chi connectivity index (χ1n) is 4.96. The molecule has 0 aromatic carbocycles. The molecule has 0 aliphatic carbocycles. The van der Waals surface area contributed by atoms with Crippen molar-refractivity contribution in [1.29, 1.82) is 0 Å². The number of nitrogens with one attached hydrogen (secondary N) is 1. The van der Waals surface area contributed by atoms with Gasteiger partial charge in [0.25, 0.3) is 12.5 Å². The fourth-order valence-electron chi connectivity index (χ4n) is 1.07. The van der Waals surface area contributed by atoms with Crippen molar-refractivity contribution >= 4 is 11.9 Å². The number of rotatable bonds is 6. The molecule has 1 N–H and O–H groups in total. The van der Waals surface area contributed by atoms with Crippen LogP contribution in [0.4, 0.5) is 0 Å². The van der Waals surface area contributed by atoms with Crippen LogP contribution in [0, 0.1) is 16.0 Å². The third-order valence-corrected chi connectivity index (χ3v) is 1.80. The maximum absolute atomic E-state index is 11.4. The van der Waals surface area contributed by atoms with E-state index < -0.39 is 29.4 Å². The summed E-state index contributed by atoms with van der Waals surface area (Å²) in [6.07, 6.45) is 0. The number of hydrogen-bond donors (Lipinski definition) is 1. The fourth-order valence-corrected chi connectivity index (χ4v) is 1.07. The lowest BCUT2D eigenvalue weighted by molar-refractivity contribution is -0.467. The number of amides is 1. The highest BCUT2D eigenvalue weighted by atomic mass is 16.6. The predicted molar refractivity (Wildman–Crippen MR) is 55.3 cm³/mol. The van der Waals surface area contributed by atoms with E-state index in [-0.39, 0.29) is 12.5 Å². The van der Waals surface area contributed by atoms with E-state index in [0.29, 0.717) is 0 Å². The molecule has 1 amide bonds. The highest BCUT2D eigenvalue weighted by Gasteiger charge is 2.26. The van der Waals surface area contributed by atoms with Crippen molar-refractivity contribution in [2.45, 2.75) is 26.8 Å². The van der Waals surface area contributed by atoms with Crippen LogP contribution in [0.2, 0.25) is 0 Å². The van der Waals surface area contributed by atoms with Gasteiger partial charge in [-0.3, -0.25) is 14.9 Å². The van der Waals surface area contributed by atoms with Gasteiger partial charge in [0.2, 0.25) is 0 Å². The Kier molecular flexibility index (Phi) is 6.06. The first-order chi connectivity index (χ1) is 7.38. The van der Waals surface area contributed by atoms with E-state index in [2.05, 4.69) is 5.32 Å².